The lowest BCUT2D eigenvalue weighted by atomic mass is 10.1. The zero-order valence-corrected chi connectivity index (χ0v) is 13.2. The van der Waals surface area contributed by atoms with Crippen molar-refractivity contribution in [3.05, 3.63) is 17.9 Å². The Morgan fingerprint density at radius 1 is 1.24 bits per heavy atom. The lowest BCUT2D eigenvalue weighted by Gasteiger charge is -2.24. The first-order valence-corrected chi connectivity index (χ1v) is 8.14. The van der Waals surface area contributed by atoms with Gasteiger partial charge in [-0.25, -0.2) is 8.42 Å². The summed E-state index contributed by atoms with van der Waals surface area (Å²) >= 11 is 0. The molecule has 2 heterocycles. The lowest BCUT2D eigenvalue weighted by molar-refractivity contribution is 0.0722. The number of carbonyl (C=O) groups excluding carboxylic acids is 1. The number of carbonyl (C=O) groups is 1. The topological polar surface area (TPSA) is 88.9 Å². The first kappa shape index (κ1) is 16.0. The van der Waals surface area contributed by atoms with Crippen LogP contribution in [-0.4, -0.2) is 50.5 Å². The summed E-state index contributed by atoms with van der Waals surface area (Å²) < 4.78 is 36.4. The molecule has 0 aromatic carbocycles. The van der Waals surface area contributed by atoms with E-state index in [2.05, 4.69) is 5.32 Å². The van der Waals surface area contributed by atoms with Crippen molar-refractivity contribution < 1.29 is 22.4 Å². The van der Waals surface area contributed by atoms with E-state index in [1.807, 2.05) is 20.8 Å². The van der Waals surface area contributed by atoms with E-state index >= 15 is 0 Å². The van der Waals surface area contributed by atoms with Crippen LogP contribution in [0.15, 0.2) is 21.6 Å². The van der Waals surface area contributed by atoms with E-state index in [9.17, 15) is 13.2 Å². The Labute approximate surface area is 124 Å². The molecule has 1 saturated heterocycles. The second kappa shape index (κ2) is 5.78. The highest BCUT2D eigenvalue weighted by molar-refractivity contribution is 7.89. The number of nitrogens with zero attached hydrogens (tertiary/aromatic N) is 1. The quantitative estimate of drug-likeness (QED) is 0.892. The third-order valence-electron chi connectivity index (χ3n) is 2.86. The minimum absolute atomic E-state index is 0.0169. The molecule has 0 spiro atoms. The van der Waals surface area contributed by atoms with Gasteiger partial charge in [-0.15, -0.1) is 0 Å². The first-order chi connectivity index (χ1) is 9.70. The number of furan rings is 1. The molecule has 8 heteroatoms. The summed E-state index contributed by atoms with van der Waals surface area (Å²) in [5, 5.41) is 2.50. The maximum atomic E-state index is 12.4. The molecule has 2 rings (SSSR count). The van der Waals surface area contributed by atoms with Crippen molar-refractivity contribution >= 4 is 15.9 Å². The Balaban J connectivity index is 2.17. The molecular weight excluding hydrogens is 296 g/mol. The number of nitrogens with one attached hydrogen (secondary N) is 1. The van der Waals surface area contributed by atoms with Crippen LogP contribution in [0.2, 0.25) is 0 Å². The molecule has 0 aliphatic carbocycles. The third-order valence-corrected chi connectivity index (χ3v) is 4.63. The van der Waals surface area contributed by atoms with Gasteiger partial charge in [0.25, 0.3) is 15.9 Å². The molecule has 7 nitrogen and oxygen atoms in total. The van der Waals surface area contributed by atoms with Crippen LogP contribution in [0.4, 0.5) is 0 Å². The molecule has 118 valence electrons. The smallest absolute Gasteiger partial charge is 0.287 e. The minimum Gasteiger partial charge on any atom is -0.438 e. The largest absolute Gasteiger partial charge is 0.438 e. The fourth-order valence-corrected chi connectivity index (χ4v) is 3.22. The lowest BCUT2D eigenvalue weighted by Crippen LogP contribution is -2.41. The van der Waals surface area contributed by atoms with Crippen molar-refractivity contribution in [2.24, 2.45) is 0 Å². The molecule has 0 unspecified atom stereocenters. The van der Waals surface area contributed by atoms with Gasteiger partial charge in [0.05, 0.1) is 13.2 Å². The zero-order chi connectivity index (χ0) is 15.7. The van der Waals surface area contributed by atoms with Crippen LogP contribution in [0.3, 0.4) is 0 Å². The van der Waals surface area contributed by atoms with E-state index in [4.69, 9.17) is 9.15 Å². The maximum Gasteiger partial charge on any atom is 0.287 e. The van der Waals surface area contributed by atoms with Crippen LogP contribution < -0.4 is 5.32 Å². The first-order valence-electron chi connectivity index (χ1n) is 6.70. The van der Waals surface area contributed by atoms with Crippen molar-refractivity contribution in [1.29, 1.82) is 0 Å². The summed E-state index contributed by atoms with van der Waals surface area (Å²) in [6.45, 7) is 6.78. The summed E-state index contributed by atoms with van der Waals surface area (Å²) in [7, 11) is -3.71. The summed E-state index contributed by atoms with van der Waals surface area (Å²) in [4.78, 5) is 11.9. The van der Waals surface area contributed by atoms with Crippen LogP contribution in [0, 0.1) is 0 Å². The van der Waals surface area contributed by atoms with E-state index in [1.54, 1.807) is 0 Å². The highest BCUT2D eigenvalue weighted by atomic mass is 32.2. The number of amides is 1. The Hall–Kier alpha value is -1.38. The molecule has 0 saturated carbocycles. The Kier molecular flexibility index (Phi) is 4.40. The summed E-state index contributed by atoms with van der Waals surface area (Å²) in [6, 6.07) is 2.68. The van der Waals surface area contributed by atoms with Gasteiger partial charge >= 0.3 is 0 Å². The normalized spacial score (nSPS) is 17.7. The van der Waals surface area contributed by atoms with Gasteiger partial charge in [0, 0.05) is 18.6 Å². The Morgan fingerprint density at radius 3 is 2.43 bits per heavy atom. The second-order valence-corrected chi connectivity index (χ2v) is 7.71. The Morgan fingerprint density at radius 2 is 1.86 bits per heavy atom. The summed E-state index contributed by atoms with van der Waals surface area (Å²) in [6.07, 6.45) is 0. The SMILES string of the molecule is CC(C)(C)NC(=O)c1ccc(S(=O)(=O)N2CCOCC2)o1. The fraction of sp³-hybridized carbons (Fsp3) is 0.615. The number of sulfonamides is 1. The molecule has 1 aromatic rings. The molecular formula is C13H20N2O5S. The van der Waals surface area contributed by atoms with Crippen LogP contribution in [0.1, 0.15) is 31.3 Å². The van der Waals surface area contributed by atoms with Gasteiger partial charge < -0.3 is 14.5 Å². The molecule has 21 heavy (non-hydrogen) atoms. The number of rotatable bonds is 3. The number of hydrogen-bond donors (Lipinski definition) is 1. The standard InChI is InChI=1S/C13H20N2O5S/c1-13(2,3)14-12(16)10-4-5-11(20-10)21(17,18)15-6-8-19-9-7-15/h4-5H,6-9H2,1-3H3,(H,14,16). The third kappa shape index (κ3) is 3.84. The van der Waals surface area contributed by atoms with Crippen molar-refractivity contribution in [2.75, 3.05) is 26.3 Å². The maximum absolute atomic E-state index is 12.4. The molecule has 0 atom stereocenters. The van der Waals surface area contributed by atoms with Crippen LogP contribution in [-0.2, 0) is 14.8 Å². The van der Waals surface area contributed by atoms with Crippen LogP contribution >= 0.6 is 0 Å². The van der Waals surface area contributed by atoms with Gasteiger partial charge in [0.15, 0.2) is 5.76 Å². The predicted molar refractivity (Wildman–Crippen MR) is 75.5 cm³/mol. The van der Waals surface area contributed by atoms with E-state index in [1.165, 1.54) is 16.4 Å². The van der Waals surface area contributed by atoms with Crippen LogP contribution in [0.5, 0.6) is 0 Å². The van der Waals surface area contributed by atoms with Crippen molar-refractivity contribution in [2.45, 2.75) is 31.4 Å². The molecule has 0 radical (unpaired) electrons. The van der Waals surface area contributed by atoms with E-state index in [0.717, 1.165) is 0 Å². The fourth-order valence-electron chi connectivity index (χ4n) is 1.90. The number of ether oxygens (including phenoxy) is 1. The highest BCUT2D eigenvalue weighted by Crippen LogP contribution is 2.20. The van der Waals surface area contributed by atoms with Gasteiger partial charge in [0.1, 0.15) is 0 Å². The van der Waals surface area contributed by atoms with E-state index < -0.39 is 21.5 Å². The molecule has 0 bridgehead atoms. The molecule has 1 aromatic heterocycles. The number of hydrogen-bond acceptors (Lipinski definition) is 5. The molecule has 1 fully saturated rings. The second-order valence-electron chi connectivity index (χ2n) is 5.84. The minimum atomic E-state index is -3.71. The highest BCUT2D eigenvalue weighted by Gasteiger charge is 2.30. The van der Waals surface area contributed by atoms with Gasteiger partial charge in [0.2, 0.25) is 5.09 Å². The van der Waals surface area contributed by atoms with Gasteiger partial charge in [-0.05, 0) is 32.9 Å². The van der Waals surface area contributed by atoms with Crippen molar-refractivity contribution in [3.8, 4) is 0 Å². The molecule has 1 N–H and O–H groups in total. The predicted octanol–water partition coefficient (Wildman–Crippen LogP) is 0.829. The van der Waals surface area contributed by atoms with Crippen molar-refractivity contribution in [3.63, 3.8) is 0 Å². The van der Waals surface area contributed by atoms with E-state index in [0.29, 0.717) is 13.2 Å². The van der Waals surface area contributed by atoms with Gasteiger partial charge in [-0.1, -0.05) is 0 Å². The van der Waals surface area contributed by atoms with Crippen LogP contribution in [0.25, 0.3) is 0 Å². The summed E-state index contributed by atoms with van der Waals surface area (Å²) in [5.74, 6) is -0.456. The summed E-state index contributed by atoms with van der Waals surface area (Å²) in [5.41, 5.74) is -0.423. The van der Waals surface area contributed by atoms with E-state index in [-0.39, 0.29) is 23.9 Å². The average molecular weight is 316 g/mol. The molecule has 1 amide bonds. The van der Waals surface area contributed by atoms with Crippen molar-refractivity contribution in [1.82, 2.24) is 9.62 Å². The average Bonchev–Trinajstić information content (AvgIpc) is 2.88. The molecule has 1 aliphatic rings. The van der Waals surface area contributed by atoms with Gasteiger partial charge in [-0.3, -0.25) is 4.79 Å². The molecule has 1 aliphatic heterocycles. The monoisotopic (exact) mass is 316 g/mol. The zero-order valence-electron chi connectivity index (χ0n) is 12.4. The number of morpholine rings is 1. The van der Waals surface area contributed by atoms with Gasteiger partial charge in [-0.2, -0.15) is 4.31 Å². The Bertz CT molecular complexity index is 609.